The number of rotatable bonds is 4. The number of nitrogens with two attached hydrogens (primary N) is 1. The molecule has 1 aromatic carbocycles. The molecule has 4 N–H and O–H groups in total. The molecule has 4 nitrogen and oxygen atoms in total. The molecular weight excluding hydrogens is 178 g/mol. The van der Waals surface area contributed by atoms with E-state index in [1.54, 1.807) is 0 Å². The molecule has 0 bridgehead atoms. The van der Waals surface area contributed by atoms with Crippen LogP contribution in [-0.2, 0) is 0 Å². The second-order valence-electron chi connectivity index (χ2n) is 3.05. The van der Waals surface area contributed by atoms with E-state index in [9.17, 15) is 0 Å². The van der Waals surface area contributed by atoms with E-state index >= 15 is 0 Å². The summed E-state index contributed by atoms with van der Waals surface area (Å²) in [5.41, 5.74) is 6.63. The van der Waals surface area contributed by atoms with Crippen LogP contribution in [0.3, 0.4) is 0 Å². The Morgan fingerprint density at radius 3 is 2.64 bits per heavy atom. The van der Waals surface area contributed by atoms with Crippen LogP contribution < -0.4 is 11.1 Å². The van der Waals surface area contributed by atoms with E-state index in [1.807, 2.05) is 37.4 Å². The van der Waals surface area contributed by atoms with Gasteiger partial charge in [-0.3, -0.25) is 0 Å². The molecule has 1 rings (SSSR count). The van der Waals surface area contributed by atoms with E-state index in [-0.39, 0.29) is 11.8 Å². The standard InChI is InChI=1S/C10H15N3O/c1-12-7-9(10(11)13-14)8-5-3-2-4-6-8/h2-6,9,12,14H,7H2,1H3,(H2,11,13). The number of hydrogen-bond acceptors (Lipinski definition) is 3. The molecular formula is C10H15N3O. The van der Waals surface area contributed by atoms with Crippen LogP contribution in [0.5, 0.6) is 0 Å². The molecule has 4 heteroatoms. The Hall–Kier alpha value is -1.55. The van der Waals surface area contributed by atoms with Crippen molar-refractivity contribution in [3.05, 3.63) is 35.9 Å². The topological polar surface area (TPSA) is 70.6 Å². The van der Waals surface area contributed by atoms with Crippen molar-refractivity contribution in [3.8, 4) is 0 Å². The van der Waals surface area contributed by atoms with Gasteiger partial charge in [0.1, 0.15) is 5.84 Å². The van der Waals surface area contributed by atoms with Gasteiger partial charge in [0.25, 0.3) is 0 Å². The summed E-state index contributed by atoms with van der Waals surface area (Å²) < 4.78 is 0. The molecule has 0 radical (unpaired) electrons. The Labute approximate surface area is 83.4 Å². The quantitative estimate of drug-likeness (QED) is 0.286. The number of likely N-dealkylation sites (N-methyl/N-ethyl adjacent to an activating group) is 1. The number of benzene rings is 1. The summed E-state index contributed by atoms with van der Waals surface area (Å²) in [6, 6.07) is 9.72. The zero-order valence-electron chi connectivity index (χ0n) is 8.14. The molecule has 0 fully saturated rings. The lowest BCUT2D eigenvalue weighted by Crippen LogP contribution is -2.29. The van der Waals surface area contributed by atoms with Crippen LogP contribution in [0.4, 0.5) is 0 Å². The van der Waals surface area contributed by atoms with Crippen molar-refractivity contribution in [2.45, 2.75) is 5.92 Å². The third-order valence-corrected chi connectivity index (χ3v) is 2.08. The normalized spacial score (nSPS) is 13.9. The minimum absolute atomic E-state index is 0.0776. The van der Waals surface area contributed by atoms with E-state index in [1.165, 1.54) is 0 Å². The zero-order chi connectivity index (χ0) is 10.4. The van der Waals surface area contributed by atoms with Gasteiger partial charge in [0, 0.05) is 6.54 Å². The number of nitrogens with one attached hydrogen (secondary N) is 1. The Bertz CT molecular complexity index is 297. The van der Waals surface area contributed by atoms with E-state index in [2.05, 4.69) is 10.5 Å². The molecule has 0 saturated carbocycles. The second kappa shape index (κ2) is 5.24. The average molecular weight is 193 g/mol. The van der Waals surface area contributed by atoms with Gasteiger partial charge in [-0.25, -0.2) is 0 Å². The summed E-state index contributed by atoms with van der Waals surface area (Å²) in [5.74, 6) is 0.150. The van der Waals surface area contributed by atoms with Crippen LogP contribution in [0.1, 0.15) is 11.5 Å². The van der Waals surface area contributed by atoms with Gasteiger partial charge in [-0.05, 0) is 12.6 Å². The van der Waals surface area contributed by atoms with Gasteiger partial charge < -0.3 is 16.3 Å². The maximum atomic E-state index is 8.63. The number of nitrogens with zero attached hydrogens (tertiary/aromatic N) is 1. The molecule has 0 aromatic heterocycles. The molecule has 0 amide bonds. The molecule has 0 heterocycles. The first-order valence-corrected chi connectivity index (χ1v) is 4.46. The maximum Gasteiger partial charge on any atom is 0.147 e. The molecule has 0 spiro atoms. The molecule has 0 aliphatic rings. The summed E-state index contributed by atoms with van der Waals surface area (Å²) in [6.45, 7) is 0.653. The first-order valence-electron chi connectivity index (χ1n) is 4.46. The van der Waals surface area contributed by atoms with Gasteiger partial charge in [0.05, 0.1) is 5.92 Å². The maximum absolute atomic E-state index is 8.63. The van der Waals surface area contributed by atoms with Crippen molar-refractivity contribution >= 4 is 5.84 Å². The Morgan fingerprint density at radius 2 is 2.14 bits per heavy atom. The molecule has 1 unspecified atom stereocenters. The van der Waals surface area contributed by atoms with Crippen molar-refractivity contribution in [1.82, 2.24) is 5.32 Å². The molecule has 76 valence electrons. The molecule has 1 aromatic rings. The van der Waals surface area contributed by atoms with E-state index in [0.29, 0.717) is 6.54 Å². The SMILES string of the molecule is CNCC(C(N)=NO)c1ccccc1. The summed E-state index contributed by atoms with van der Waals surface area (Å²) in [5, 5.41) is 14.7. The van der Waals surface area contributed by atoms with Crippen LogP contribution >= 0.6 is 0 Å². The summed E-state index contributed by atoms with van der Waals surface area (Å²) >= 11 is 0. The smallest absolute Gasteiger partial charge is 0.147 e. The van der Waals surface area contributed by atoms with Crippen molar-refractivity contribution in [2.24, 2.45) is 10.9 Å². The fraction of sp³-hybridized carbons (Fsp3) is 0.300. The molecule has 0 saturated heterocycles. The Morgan fingerprint density at radius 1 is 1.50 bits per heavy atom. The fourth-order valence-corrected chi connectivity index (χ4v) is 1.35. The molecule has 1 atom stereocenters. The van der Waals surface area contributed by atoms with Crippen molar-refractivity contribution in [3.63, 3.8) is 0 Å². The van der Waals surface area contributed by atoms with Gasteiger partial charge in [-0.2, -0.15) is 0 Å². The largest absolute Gasteiger partial charge is 0.409 e. The first kappa shape index (κ1) is 10.5. The lowest BCUT2D eigenvalue weighted by Gasteiger charge is -2.14. The van der Waals surface area contributed by atoms with E-state index in [0.717, 1.165) is 5.56 Å². The van der Waals surface area contributed by atoms with Gasteiger partial charge in [-0.1, -0.05) is 35.5 Å². The summed E-state index contributed by atoms with van der Waals surface area (Å²) in [6.07, 6.45) is 0. The Kier molecular flexibility index (Phi) is 3.94. The second-order valence-corrected chi connectivity index (χ2v) is 3.05. The lowest BCUT2D eigenvalue weighted by atomic mass is 9.98. The van der Waals surface area contributed by atoms with Crippen LogP contribution in [0.25, 0.3) is 0 Å². The number of oxime groups is 1. The third-order valence-electron chi connectivity index (χ3n) is 2.08. The first-order chi connectivity index (χ1) is 6.79. The minimum Gasteiger partial charge on any atom is -0.409 e. The van der Waals surface area contributed by atoms with Crippen molar-refractivity contribution in [2.75, 3.05) is 13.6 Å². The highest BCUT2D eigenvalue weighted by atomic mass is 16.4. The molecule has 0 aliphatic carbocycles. The predicted octanol–water partition coefficient (Wildman–Crippen LogP) is 0.736. The van der Waals surface area contributed by atoms with E-state index in [4.69, 9.17) is 10.9 Å². The Balaban J connectivity index is 2.89. The molecule has 0 aliphatic heterocycles. The van der Waals surface area contributed by atoms with Crippen LogP contribution in [-0.4, -0.2) is 24.6 Å². The third kappa shape index (κ3) is 2.47. The predicted molar refractivity (Wildman–Crippen MR) is 56.5 cm³/mol. The summed E-state index contributed by atoms with van der Waals surface area (Å²) in [7, 11) is 1.83. The van der Waals surface area contributed by atoms with Crippen LogP contribution in [0.15, 0.2) is 35.5 Å². The highest BCUT2D eigenvalue weighted by molar-refractivity contribution is 5.87. The van der Waals surface area contributed by atoms with Gasteiger partial charge in [-0.15, -0.1) is 0 Å². The van der Waals surface area contributed by atoms with E-state index < -0.39 is 0 Å². The minimum atomic E-state index is -0.0776. The van der Waals surface area contributed by atoms with Crippen LogP contribution in [0, 0.1) is 0 Å². The van der Waals surface area contributed by atoms with Crippen molar-refractivity contribution < 1.29 is 5.21 Å². The number of hydrogen-bond donors (Lipinski definition) is 3. The monoisotopic (exact) mass is 193 g/mol. The van der Waals surface area contributed by atoms with Gasteiger partial charge >= 0.3 is 0 Å². The van der Waals surface area contributed by atoms with Gasteiger partial charge in [0.2, 0.25) is 0 Å². The molecule has 14 heavy (non-hydrogen) atoms. The van der Waals surface area contributed by atoms with Gasteiger partial charge in [0.15, 0.2) is 0 Å². The number of amidine groups is 1. The zero-order valence-corrected chi connectivity index (χ0v) is 8.14. The summed E-state index contributed by atoms with van der Waals surface area (Å²) in [4.78, 5) is 0. The lowest BCUT2D eigenvalue weighted by molar-refractivity contribution is 0.315. The van der Waals surface area contributed by atoms with Crippen LogP contribution in [0.2, 0.25) is 0 Å². The highest BCUT2D eigenvalue weighted by Crippen LogP contribution is 2.14. The highest BCUT2D eigenvalue weighted by Gasteiger charge is 2.14. The fourth-order valence-electron chi connectivity index (χ4n) is 1.35. The average Bonchev–Trinajstić information content (AvgIpc) is 2.26. The van der Waals surface area contributed by atoms with Crippen molar-refractivity contribution in [1.29, 1.82) is 0 Å².